The number of unbranched alkanes of at least 4 members (excludes halogenated alkanes) is 5. The lowest BCUT2D eigenvalue weighted by atomic mass is 10.0. The lowest BCUT2D eigenvalue weighted by Crippen LogP contribution is -2.23. The standard InChI is InChI=1S/C25H34BrN3O2/c1-5-7-8-9-10-11-14-29(6-2)20-12-13-21(24(26)15-20)22(16-27)23(17-28)25(30)31-18-19(3)4/h12-13,15,19H,5-11,14,18H2,1-4H3. The second-order valence-electron chi connectivity index (χ2n) is 7.98. The number of benzene rings is 1. The van der Waals surface area contributed by atoms with Crippen LogP contribution in [-0.4, -0.2) is 25.7 Å². The van der Waals surface area contributed by atoms with Crippen molar-refractivity contribution in [3.05, 3.63) is 33.8 Å². The molecule has 6 heteroatoms. The maximum Gasteiger partial charge on any atom is 0.350 e. The maximum absolute atomic E-state index is 12.3. The van der Waals surface area contributed by atoms with Gasteiger partial charge in [0.15, 0.2) is 5.57 Å². The fourth-order valence-corrected chi connectivity index (χ4v) is 3.79. The minimum Gasteiger partial charge on any atom is -0.461 e. The second-order valence-corrected chi connectivity index (χ2v) is 8.83. The molecule has 0 amide bonds. The molecule has 0 heterocycles. The molecule has 0 radical (unpaired) electrons. The van der Waals surface area contributed by atoms with Gasteiger partial charge < -0.3 is 9.64 Å². The molecule has 0 fully saturated rings. The van der Waals surface area contributed by atoms with E-state index in [0.717, 1.165) is 25.2 Å². The van der Waals surface area contributed by atoms with Crippen LogP contribution in [0.4, 0.5) is 5.69 Å². The Kier molecular flexibility index (Phi) is 12.6. The molecular formula is C25H34BrN3O2. The average Bonchev–Trinajstić information content (AvgIpc) is 2.75. The average molecular weight is 488 g/mol. The minimum absolute atomic E-state index is 0.0219. The molecule has 1 aromatic carbocycles. The van der Waals surface area contributed by atoms with Gasteiger partial charge in [0.2, 0.25) is 0 Å². The SMILES string of the molecule is CCCCCCCCN(CC)c1ccc(C(C#N)=C(C#N)C(=O)OCC(C)C)c(Br)c1. The van der Waals surface area contributed by atoms with Crippen LogP contribution >= 0.6 is 15.9 Å². The molecular weight excluding hydrogens is 454 g/mol. The summed E-state index contributed by atoms with van der Waals surface area (Å²) in [5.74, 6) is -0.617. The van der Waals surface area contributed by atoms with Crippen molar-refractivity contribution < 1.29 is 9.53 Å². The summed E-state index contributed by atoms with van der Waals surface area (Å²) >= 11 is 3.53. The Labute approximate surface area is 195 Å². The molecule has 0 spiro atoms. The Morgan fingerprint density at radius 2 is 1.77 bits per heavy atom. The number of carbonyl (C=O) groups excluding carboxylic acids is 1. The first kappa shape index (κ1) is 26.7. The molecule has 1 aromatic rings. The Bertz CT molecular complexity index is 834. The van der Waals surface area contributed by atoms with Crippen molar-refractivity contribution >= 4 is 33.2 Å². The topological polar surface area (TPSA) is 77.1 Å². The number of ether oxygens (including phenoxy) is 1. The highest BCUT2D eigenvalue weighted by atomic mass is 79.9. The van der Waals surface area contributed by atoms with Gasteiger partial charge in [0.25, 0.3) is 0 Å². The molecule has 0 aliphatic heterocycles. The molecule has 31 heavy (non-hydrogen) atoms. The number of rotatable bonds is 13. The summed E-state index contributed by atoms with van der Waals surface area (Å²) in [7, 11) is 0. The zero-order valence-corrected chi connectivity index (χ0v) is 20.8. The van der Waals surface area contributed by atoms with Gasteiger partial charge in [-0.05, 0) is 31.4 Å². The van der Waals surface area contributed by atoms with Crippen molar-refractivity contribution in [2.24, 2.45) is 5.92 Å². The fraction of sp³-hybridized carbons (Fsp3) is 0.560. The lowest BCUT2D eigenvalue weighted by Gasteiger charge is -2.24. The van der Waals surface area contributed by atoms with Crippen molar-refractivity contribution in [1.82, 2.24) is 0 Å². The molecule has 168 valence electrons. The Morgan fingerprint density at radius 1 is 1.10 bits per heavy atom. The first-order valence-electron chi connectivity index (χ1n) is 11.2. The van der Waals surface area contributed by atoms with E-state index >= 15 is 0 Å². The first-order valence-corrected chi connectivity index (χ1v) is 11.9. The zero-order valence-electron chi connectivity index (χ0n) is 19.2. The van der Waals surface area contributed by atoms with Crippen LogP contribution in [-0.2, 0) is 9.53 Å². The summed E-state index contributed by atoms with van der Waals surface area (Å²) in [6, 6.07) is 9.53. The number of hydrogen-bond donors (Lipinski definition) is 0. The molecule has 0 aliphatic rings. The maximum atomic E-state index is 12.3. The number of nitrogens with zero attached hydrogens (tertiary/aromatic N) is 3. The Morgan fingerprint density at radius 3 is 2.32 bits per heavy atom. The highest BCUT2D eigenvalue weighted by Gasteiger charge is 2.21. The predicted octanol–water partition coefficient (Wildman–Crippen LogP) is 6.64. The molecule has 0 aliphatic carbocycles. The van der Waals surface area contributed by atoms with Crippen molar-refractivity contribution in [1.29, 1.82) is 10.5 Å². The van der Waals surface area contributed by atoms with E-state index < -0.39 is 5.97 Å². The summed E-state index contributed by atoms with van der Waals surface area (Å²) < 4.78 is 5.84. The minimum atomic E-state index is -0.762. The number of esters is 1. The van der Waals surface area contributed by atoms with Crippen LogP contribution in [0.15, 0.2) is 28.2 Å². The first-order chi connectivity index (χ1) is 14.9. The number of hydrogen-bond acceptors (Lipinski definition) is 5. The van der Waals surface area contributed by atoms with Crippen molar-refractivity contribution in [2.45, 2.75) is 66.2 Å². The van der Waals surface area contributed by atoms with Gasteiger partial charge in [-0.2, -0.15) is 10.5 Å². The van der Waals surface area contributed by atoms with E-state index in [1.54, 1.807) is 6.07 Å². The van der Waals surface area contributed by atoms with Gasteiger partial charge in [0.05, 0.1) is 12.2 Å². The summed E-state index contributed by atoms with van der Waals surface area (Å²) in [4.78, 5) is 14.6. The van der Waals surface area contributed by atoms with Crippen LogP contribution in [0.5, 0.6) is 0 Å². The molecule has 5 nitrogen and oxygen atoms in total. The Balaban J connectivity index is 3.01. The second kappa shape index (κ2) is 14.7. The van der Waals surface area contributed by atoms with Crippen LogP contribution in [0.3, 0.4) is 0 Å². The van der Waals surface area contributed by atoms with E-state index in [9.17, 15) is 15.3 Å². The van der Waals surface area contributed by atoms with Gasteiger partial charge in [-0.25, -0.2) is 4.79 Å². The molecule has 0 bridgehead atoms. The molecule has 0 N–H and O–H groups in total. The van der Waals surface area contributed by atoms with Gasteiger partial charge in [0, 0.05) is 28.8 Å². The van der Waals surface area contributed by atoms with E-state index in [0.29, 0.717) is 10.0 Å². The number of nitriles is 2. The summed E-state index contributed by atoms with van der Waals surface area (Å²) in [6.07, 6.45) is 7.49. The van der Waals surface area contributed by atoms with Crippen LogP contribution in [0.2, 0.25) is 0 Å². The summed E-state index contributed by atoms with van der Waals surface area (Å²) in [5.41, 5.74) is 1.31. The van der Waals surface area contributed by atoms with Crippen LogP contribution in [0, 0.1) is 28.6 Å². The predicted molar refractivity (Wildman–Crippen MR) is 129 cm³/mol. The van der Waals surface area contributed by atoms with E-state index in [2.05, 4.69) is 34.7 Å². The van der Waals surface area contributed by atoms with Crippen molar-refractivity contribution in [2.75, 3.05) is 24.6 Å². The lowest BCUT2D eigenvalue weighted by molar-refractivity contribution is -0.139. The fourth-order valence-electron chi connectivity index (χ4n) is 3.23. The summed E-state index contributed by atoms with van der Waals surface area (Å²) in [5, 5.41) is 19.2. The van der Waals surface area contributed by atoms with Crippen LogP contribution < -0.4 is 4.90 Å². The highest BCUT2D eigenvalue weighted by Crippen LogP contribution is 2.31. The van der Waals surface area contributed by atoms with E-state index in [1.807, 2.05) is 38.1 Å². The molecule has 0 atom stereocenters. The van der Waals surface area contributed by atoms with Gasteiger partial charge >= 0.3 is 5.97 Å². The van der Waals surface area contributed by atoms with Gasteiger partial charge in [-0.1, -0.05) is 74.9 Å². The largest absolute Gasteiger partial charge is 0.461 e. The van der Waals surface area contributed by atoms with Crippen molar-refractivity contribution in [3.63, 3.8) is 0 Å². The third kappa shape index (κ3) is 8.75. The normalized spacial score (nSPS) is 11.5. The van der Waals surface area contributed by atoms with Gasteiger partial charge in [-0.3, -0.25) is 0 Å². The molecule has 1 rings (SSSR count). The van der Waals surface area contributed by atoms with Crippen molar-refractivity contribution in [3.8, 4) is 12.1 Å². The number of carbonyl (C=O) groups is 1. The number of halogens is 1. The third-order valence-electron chi connectivity index (χ3n) is 4.98. The van der Waals surface area contributed by atoms with E-state index in [4.69, 9.17) is 4.74 Å². The number of allylic oxidation sites excluding steroid dienone is 1. The Hall–Kier alpha value is -2.31. The van der Waals surface area contributed by atoms with E-state index in [1.165, 1.54) is 32.1 Å². The molecule has 0 saturated heterocycles. The van der Waals surface area contributed by atoms with Crippen LogP contribution in [0.1, 0.15) is 71.8 Å². The third-order valence-corrected chi connectivity index (χ3v) is 5.63. The molecule has 0 unspecified atom stereocenters. The van der Waals surface area contributed by atoms with Crippen LogP contribution in [0.25, 0.3) is 5.57 Å². The molecule has 0 saturated carbocycles. The smallest absolute Gasteiger partial charge is 0.350 e. The summed E-state index contributed by atoms with van der Waals surface area (Å²) in [6.45, 7) is 10.2. The van der Waals surface area contributed by atoms with Gasteiger partial charge in [-0.15, -0.1) is 0 Å². The number of anilines is 1. The van der Waals surface area contributed by atoms with E-state index in [-0.39, 0.29) is 23.7 Å². The van der Waals surface area contributed by atoms with Gasteiger partial charge in [0.1, 0.15) is 12.1 Å². The molecule has 0 aromatic heterocycles. The highest BCUT2D eigenvalue weighted by molar-refractivity contribution is 9.10. The zero-order chi connectivity index (χ0) is 23.2. The quantitative estimate of drug-likeness (QED) is 0.135. The monoisotopic (exact) mass is 487 g/mol.